The molecule has 1 aliphatic rings. The van der Waals surface area contributed by atoms with E-state index in [0.717, 1.165) is 23.0 Å². The summed E-state index contributed by atoms with van der Waals surface area (Å²) in [7, 11) is 3.16. The smallest absolute Gasteiger partial charge is 0.299 e. The number of benzene rings is 1. The predicted octanol–water partition coefficient (Wildman–Crippen LogP) is 1.39. The minimum atomic E-state index is -0.315. The lowest BCUT2D eigenvalue weighted by Crippen LogP contribution is -2.39. The van der Waals surface area contributed by atoms with Crippen molar-refractivity contribution in [2.45, 2.75) is 32.0 Å². The average Bonchev–Trinajstić information content (AvgIpc) is 3.36. The SMILES string of the molecule is Cn1c(CN(Cc2ccc(F)cc2)C2CC2)cc(=O)n(C)c1=O. The van der Waals surface area contributed by atoms with Crippen LogP contribution in [0.5, 0.6) is 0 Å². The Morgan fingerprint density at radius 1 is 1.09 bits per heavy atom. The quantitative estimate of drug-likeness (QED) is 0.837. The van der Waals surface area contributed by atoms with Crippen LogP contribution in [0, 0.1) is 5.82 Å². The second kappa shape index (κ2) is 6.12. The van der Waals surface area contributed by atoms with Gasteiger partial charge in [-0.2, -0.15) is 0 Å². The molecule has 0 atom stereocenters. The van der Waals surface area contributed by atoms with Crippen molar-refractivity contribution in [2.75, 3.05) is 0 Å². The molecule has 3 rings (SSSR count). The Morgan fingerprint density at radius 2 is 1.74 bits per heavy atom. The number of nitrogens with zero attached hydrogens (tertiary/aromatic N) is 3. The van der Waals surface area contributed by atoms with Gasteiger partial charge in [-0.1, -0.05) is 12.1 Å². The molecule has 0 aliphatic heterocycles. The first-order valence-corrected chi connectivity index (χ1v) is 7.70. The first-order valence-electron chi connectivity index (χ1n) is 7.70. The molecule has 0 N–H and O–H groups in total. The highest BCUT2D eigenvalue weighted by atomic mass is 19.1. The van der Waals surface area contributed by atoms with E-state index < -0.39 is 0 Å². The summed E-state index contributed by atoms with van der Waals surface area (Å²) in [6.07, 6.45) is 2.22. The molecule has 1 aliphatic carbocycles. The second-order valence-electron chi connectivity index (χ2n) is 6.14. The van der Waals surface area contributed by atoms with Gasteiger partial charge in [0.25, 0.3) is 5.56 Å². The lowest BCUT2D eigenvalue weighted by atomic mass is 10.2. The largest absolute Gasteiger partial charge is 0.330 e. The van der Waals surface area contributed by atoms with E-state index in [1.54, 1.807) is 19.2 Å². The number of rotatable bonds is 5. The van der Waals surface area contributed by atoms with Crippen LogP contribution >= 0.6 is 0 Å². The van der Waals surface area contributed by atoms with Gasteiger partial charge in [-0.15, -0.1) is 0 Å². The molecule has 1 aromatic carbocycles. The summed E-state index contributed by atoms with van der Waals surface area (Å²) in [6, 6.07) is 8.42. The maximum Gasteiger partial charge on any atom is 0.330 e. The zero-order valence-corrected chi connectivity index (χ0v) is 13.3. The molecule has 1 aromatic heterocycles. The van der Waals surface area contributed by atoms with Gasteiger partial charge in [0.05, 0.1) is 0 Å². The first-order chi connectivity index (χ1) is 11.0. The van der Waals surface area contributed by atoms with Crippen molar-refractivity contribution in [1.29, 1.82) is 0 Å². The van der Waals surface area contributed by atoms with Crippen LogP contribution < -0.4 is 11.2 Å². The molecule has 0 unspecified atom stereocenters. The molecule has 0 spiro atoms. The Bertz CT molecular complexity index is 819. The maximum atomic E-state index is 13.0. The molecule has 23 heavy (non-hydrogen) atoms. The predicted molar refractivity (Wildman–Crippen MR) is 85.6 cm³/mol. The minimum absolute atomic E-state index is 0.249. The lowest BCUT2D eigenvalue weighted by molar-refractivity contribution is 0.238. The monoisotopic (exact) mass is 317 g/mol. The Kier molecular flexibility index (Phi) is 4.17. The standard InChI is InChI=1S/C17H20FN3O2/c1-19-15(9-16(22)20(2)17(19)23)11-21(14-7-8-14)10-12-3-5-13(18)6-4-12/h3-6,9,14H,7-8,10-11H2,1-2H3. The fourth-order valence-electron chi connectivity index (χ4n) is 2.72. The van der Waals surface area contributed by atoms with E-state index in [1.165, 1.54) is 29.8 Å². The fourth-order valence-corrected chi connectivity index (χ4v) is 2.72. The summed E-state index contributed by atoms with van der Waals surface area (Å²) in [5, 5.41) is 0. The summed E-state index contributed by atoms with van der Waals surface area (Å²) in [5.41, 5.74) is 1.12. The number of hydrogen-bond acceptors (Lipinski definition) is 3. The molecule has 5 nitrogen and oxygen atoms in total. The minimum Gasteiger partial charge on any atom is -0.299 e. The van der Waals surface area contributed by atoms with Crippen LogP contribution in [0.2, 0.25) is 0 Å². The highest BCUT2D eigenvalue weighted by Crippen LogP contribution is 2.29. The van der Waals surface area contributed by atoms with E-state index in [-0.39, 0.29) is 17.1 Å². The molecule has 0 saturated heterocycles. The molecular weight excluding hydrogens is 297 g/mol. The van der Waals surface area contributed by atoms with Gasteiger partial charge in [-0.05, 0) is 30.5 Å². The Hall–Kier alpha value is -2.21. The van der Waals surface area contributed by atoms with Gasteiger partial charge in [0.1, 0.15) is 5.82 Å². The van der Waals surface area contributed by atoms with E-state index in [0.29, 0.717) is 24.8 Å². The van der Waals surface area contributed by atoms with Gasteiger partial charge in [0.2, 0.25) is 0 Å². The normalized spacial score (nSPS) is 14.4. The van der Waals surface area contributed by atoms with Crippen molar-refractivity contribution in [3.05, 3.63) is 68.2 Å². The number of hydrogen-bond donors (Lipinski definition) is 0. The van der Waals surface area contributed by atoms with Crippen LogP contribution in [0.3, 0.4) is 0 Å². The van der Waals surface area contributed by atoms with Crippen LogP contribution in [0.4, 0.5) is 4.39 Å². The third-order valence-electron chi connectivity index (χ3n) is 4.35. The summed E-state index contributed by atoms with van der Waals surface area (Å²) < 4.78 is 15.7. The van der Waals surface area contributed by atoms with Gasteiger partial charge >= 0.3 is 5.69 Å². The van der Waals surface area contributed by atoms with E-state index in [4.69, 9.17) is 0 Å². The Morgan fingerprint density at radius 3 is 2.35 bits per heavy atom. The number of aromatic nitrogens is 2. The second-order valence-corrected chi connectivity index (χ2v) is 6.14. The van der Waals surface area contributed by atoms with Crippen LogP contribution in [-0.4, -0.2) is 20.1 Å². The zero-order chi connectivity index (χ0) is 16.6. The molecule has 122 valence electrons. The van der Waals surface area contributed by atoms with Gasteiger partial charge in [-0.25, -0.2) is 9.18 Å². The molecule has 0 radical (unpaired) electrons. The summed E-state index contributed by atoms with van der Waals surface area (Å²) in [4.78, 5) is 26.1. The number of halogens is 1. The van der Waals surface area contributed by atoms with Crippen molar-refractivity contribution in [1.82, 2.24) is 14.0 Å². The van der Waals surface area contributed by atoms with Crippen LogP contribution in [0.25, 0.3) is 0 Å². The average molecular weight is 317 g/mol. The van der Waals surface area contributed by atoms with E-state index >= 15 is 0 Å². The summed E-state index contributed by atoms with van der Waals surface area (Å²) in [6.45, 7) is 1.21. The van der Waals surface area contributed by atoms with Gasteiger partial charge in [0.15, 0.2) is 0 Å². The van der Waals surface area contributed by atoms with Crippen molar-refractivity contribution in [2.24, 2.45) is 14.1 Å². The third kappa shape index (κ3) is 3.42. The van der Waals surface area contributed by atoms with E-state index in [1.807, 2.05) is 0 Å². The molecular formula is C17H20FN3O2. The van der Waals surface area contributed by atoms with Crippen molar-refractivity contribution >= 4 is 0 Å². The molecule has 0 amide bonds. The van der Waals surface area contributed by atoms with Gasteiger partial charge < -0.3 is 0 Å². The highest BCUT2D eigenvalue weighted by Gasteiger charge is 2.29. The Balaban J connectivity index is 1.85. The molecule has 0 bridgehead atoms. The topological polar surface area (TPSA) is 47.2 Å². The van der Waals surface area contributed by atoms with Crippen LogP contribution in [0.15, 0.2) is 39.9 Å². The maximum absolute atomic E-state index is 13.0. The Labute approximate surface area is 133 Å². The first kappa shape index (κ1) is 15.7. The summed E-state index contributed by atoms with van der Waals surface area (Å²) in [5.74, 6) is -0.249. The van der Waals surface area contributed by atoms with Gasteiger partial charge in [-0.3, -0.25) is 18.8 Å². The zero-order valence-electron chi connectivity index (χ0n) is 13.3. The fraction of sp³-hybridized carbons (Fsp3) is 0.412. The van der Waals surface area contributed by atoms with Gasteiger partial charge in [0, 0.05) is 45.0 Å². The van der Waals surface area contributed by atoms with Crippen molar-refractivity contribution in [3.8, 4) is 0 Å². The third-order valence-corrected chi connectivity index (χ3v) is 4.35. The molecule has 6 heteroatoms. The van der Waals surface area contributed by atoms with E-state index in [9.17, 15) is 14.0 Å². The molecule has 2 aromatic rings. The van der Waals surface area contributed by atoms with Crippen LogP contribution in [-0.2, 0) is 27.2 Å². The molecule has 1 saturated carbocycles. The molecule has 1 fully saturated rings. The molecule has 1 heterocycles. The highest BCUT2D eigenvalue weighted by molar-refractivity contribution is 5.16. The van der Waals surface area contributed by atoms with Crippen LogP contribution in [0.1, 0.15) is 24.1 Å². The van der Waals surface area contributed by atoms with E-state index in [2.05, 4.69) is 4.90 Å². The van der Waals surface area contributed by atoms with Crippen molar-refractivity contribution < 1.29 is 4.39 Å². The summed E-state index contributed by atoms with van der Waals surface area (Å²) >= 11 is 0. The van der Waals surface area contributed by atoms with Crippen molar-refractivity contribution in [3.63, 3.8) is 0 Å². The lowest BCUT2D eigenvalue weighted by Gasteiger charge is -2.23.